The number of carbonyl (C=O) groups excluding carboxylic acids is 1. The third-order valence-corrected chi connectivity index (χ3v) is 3.95. The summed E-state index contributed by atoms with van der Waals surface area (Å²) in [7, 11) is 0. The number of aromatic nitrogens is 2. The smallest absolute Gasteiger partial charge is 0.407 e. The number of nitrogens with one attached hydrogen (secondary N) is 1. The normalized spacial score (nSPS) is 20.8. The first-order chi connectivity index (χ1) is 10.6. The van der Waals surface area contributed by atoms with Crippen molar-refractivity contribution in [3.05, 3.63) is 22.7 Å². The van der Waals surface area contributed by atoms with Gasteiger partial charge in [0.2, 0.25) is 0 Å². The minimum atomic E-state index is -0.563. The number of hydrogen-bond acceptors (Lipinski definition) is 8. The quantitative estimate of drug-likeness (QED) is 0.597. The molecule has 1 aliphatic rings. The van der Waals surface area contributed by atoms with E-state index in [-0.39, 0.29) is 24.5 Å². The highest BCUT2D eigenvalue weighted by Gasteiger charge is 2.29. The van der Waals surface area contributed by atoms with Gasteiger partial charge in [-0.2, -0.15) is 4.98 Å². The summed E-state index contributed by atoms with van der Waals surface area (Å²) in [6.07, 6.45) is 0.976. The first-order valence-electron chi connectivity index (χ1n) is 6.73. The number of rotatable bonds is 6. The maximum atomic E-state index is 11.7. The Kier molecular flexibility index (Phi) is 6.04. The van der Waals surface area contributed by atoms with Gasteiger partial charge < -0.3 is 25.6 Å². The predicted octanol–water partition coefficient (Wildman–Crippen LogP) is -0.478. The van der Waals surface area contributed by atoms with Crippen LogP contribution in [0.2, 0.25) is 0 Å². The third kappa shape index (κ3) is 4.61. The third-order valence-electron chi connectivity index (χ3n) is 2.85. The SMILES string of the molecule is Nc1ccn([C@@H]2CS[C@H](COC(=O)NCCCO)O2)c(=O)n1. The van der Waals surface area contributed by atoms with E-state index in [1.807, 2.05) is 0 Å². The van der Waals surface area contributed by atoms with Gasteiger partial charge in [0.1, 0.15) is 24.1 Å². The van der Waals surface area contributed by atoms with Gasteiger partial charge in [0, 0.05) is 25.1 Å². The number of ether oxygens (including phenoxy) is 2. The van der Waals surface area contributed by atoms with Gasteiger partial charge in [0.05, 0.1) is 0 Å². The van der Waals surface area contributed by atoms with Crippen molar-refractivity contribution in [3.8, 4) is 0 Å². The van der Waals surface area contributed by atoms with E-state index in [0.29, 0.717) is 18.7 Å². The molecule has 1 aromatic heterocycles. The molecule has 1 saturated heterocycles. The minimum absolute atomic E-state index is 0.00786. The molecule has 1 aromatic rings. The number of aliphatic hydroxyl groups is 1. The summed E-state index contributed by atoms with van der Waals surface area (Å²) in [5.74, 6) is 0.706. The monoisotopic (exact) mass is 330 g/mol. The molecule has 0 bridgehead atoms. The van der Waals surface area contributed by atoms with Crippen molar-refractivity contribution in [1.82, 2.24) is 14.9 Å². The van der Waals surface area contributed by atoms with E-state index in [4.69, 9.17) is 20.3 Å². The molecular formula is C12H18N4O5S. The van der Waals surface area contributed by atoms with E-state index in [1.54, 1.807) is 0 Å². The van der Waals surface area contributed by atoms with Crippen LogP contribution in [0.15, 0.2) is 17.1 Å². The van der Waals surface area contributed by atoms with E-state index < -0.39 is 18.0 Å². The average Bonchev–Trinajstić information content (AvgIpc) is 2.94. The average molecular weight is 330 g/mol. The molecule has 9 nitrogen and oxygen atoms in total. The lowest BCUT2D eigenvalue weighted by Gasteiger charge is -2.14. The number of nitrogens with two attached hydrogens (primary N) is 1. The highest BCUT2D eigenvalue weighted by Crippen LogP contribution is 2.30. The highest BCUT2D eigenvalue weighted by molar-refractivity contribution is 8.00. The molecule has 0 aliphatic carbocycles. The van der Waals surface area contributed by atoms with Gasteiger partial charge in [-0.15, -0.1) is 11.8 Å². The zero-order chi connectivity index (χ0) is 15.9. The molecule has 0 spiro atoms. The zero-order valence-electron chi connectivity index (χ0n) is 11.8. The minimum Gasteiger partial charge on any atom is -0.446 e. The van der Waals surface area contributed by atoms with E-state index in [1.165, 1.54) is 28.6 Å². The summed E-state index contributed by atoms with van der Waals surface area (Å²) < 4.78 is 12.0. The summed E-state index contributed by atoms with van der Waals surface area (Å²) in [4.78, 5) is 26.7. The Hall–Kier alpha value is -1.78. The molecule has 1 aliphatic heterocycles. The second-order valence-corrected chi connectivity index (χ2v) is 5.69. The Morgan fingerprint density at radius 2 is 2.50 bits per heavy atom. The molecule has 1 fully saturated rings. The molecule has 1 amide bonds. The topological polar surface area (TPSA) is 129 Å². The van der Waals surface area contributed by atoms with Crippen LogP contribution in [-0.2, 0) is 9.47 Å². The zero-order valence-corrected chi connectivity index (χ0v) is 12.6. The van der Waals surface area contributed by atoms with Crippen molar-refractivity contribution in [2.45, 2.75) is 18.1 Å². The maximum Gasteiger partial charge on any atom is 0.407 e. The van der Waals surface area contributed by atoms with Crippen molar-refractivity contribution in [3.63, 3.8) is 0 Å². The number of nitrogen functional groups attached to an aromatic ring is 1. The number of aliphatic hydroxyl groups excluding tert-OH is 1. The van der Waals surface area contributed by atoms with Crippen molar-refractivity contribution in [2.24, 2.45) is 0 Å². The van der Waals surface area contributed by atoms with Gasteiger partial charge in [-0.3, -0.25) is 4.57 Å². The summed E-state index contributed by atoms with van der Waals surface area (Å²) in [5, 5.41) is 11.1. The van der Waals surface area contributed by atoms with Crippen molar-refractivity contribution >= 4 is 23.7 Å². The summed E-state index contributed by atoms with van der Waals surface area (Å²) >= 11 is 1.44. The number of hydrogen-bond donors (Lipinski definition) is 3. The lowest BCUT2D eigenvalue weighted by Crippen LogP contribution is -2.30. The van der Waals surface area contributed by atoms with Crippen LogP contribution in [0, 0.1) is 0 Å². The number of alkyl carbamates (subject to hydrolysis) is 1. The molecule has 2 atom stereocenters. The Bertz CT molecular complexity index is 567. The Morgan fingerprint density at radius 3 is 3.23 bits per heavy atom. The molecule has 2 rings (SSSR count). The van der Waals surface area contributed by atoms with Gasteiger partial charge in [0.15, 0.2) is 0 Å². The molecule has 2 heterocycles. The molecule has 0 aromatic carbocycles. The molecule has 0 radical (unpaired) electrons. The summed E-state index contributed by atoms with van der Waals surface area (Å²) in [5.41, 5.74) is 4.61. The van der Waals surface area contributed by atoms with Crippen LogP contribution < -0.4 is 16.7 Å². The fourth-order valence-electron chi connectivity index (χ4n) is 1.79. The lowest BCUT2D eigenvalue weighted by atomic mass is 10.5. The van der Waals surface area contributed by atoms with E-state index >= 15 is 0 Å². The highest BCUT2D eigenvalue weighted by atomic mass is 32.2. The fourth-order valence-corrected chi connectivity index (χ4v) is 2.78. The lowest BCUT2D eigenvalue weighted by molar-refractivity contribution is -0.0105. The first-order valence-corrected chi connectivity index (χ1v) is 7.78. The molecule has 22 heavy (non-hydrogen) atoms. The number of amides is 1. The van der Waals surface area contributed by atoms with Crippen LogP contribution >= 0.6 is 11.8 Å². The molecule has 4 N–H and O–H groups in total. The van der Waals surface area contributed by atoms with Gasteiger partial charge in [-0.1, -0.05) is 0 Å². The van der Waals surface area contributed by atoms with Crippen LogP contribution in [0.4, 0.5) is 10.6 Å². The van der Waals surface area contributed by atoms with Crippen LogP contribution in [0.25, 0.3) is 0 Å². The summed E-state index contributed by atoms with van der Waals surface area (Å²) in [6, 6.07) is 1.52. The van der Waals surface area contributed by atoms with Crippen LogP contribution in [0.1, 0.15) is 12.6 Å². The van der Waals surface area contributed by atoms with Crippen LogP contribution in [0.5, 0.6) is 0 Å². The fraction of sp³-hybridized carbons (Fsp3) is 0.583. The molecule has 122 valence electrons. The Labute approximate surface area is 130 Å². The van der Waals surface area contributed by atoms with E-state index in [0.717, 1.165) is 0 Å². The van der Waals surface area contributed by atoms with Crippen molar-refractivity contribution in [1.29, 1.82) is 0 Å². The number of anilines is 1. The molecule has 0 unspecified atom stereocenters. The maximum absolute atomic E-state index is 11.7. The van der Waals surface area contributed by atoms with E-state index in [9.17, 15) is 9.59 Å². The number of carbonyl (C=O) groups is 1. The molecule has 0 saturated carbocycles. The van der Waals surface area contributed by atoms with Gasteiger partial charge in [-0.05, 0) is 12.5 Å². The van der Waals surface area contributed by atoms with Gasteiger partial charge in [0.25, 0.3) is 0 Å². The molecule has 10 heteroatoms. The van der Waals surface area contributed by atoms with E-state index in [2.05, 4.69) is 10.3 Å². The van der Waals surface area contributed by atoms with Gasteiger partial charge in [-0.25, -0.2) is 9.59 Å². The van der Waals surface area contributed by atoms with Crippen molar-refractivity contribution < 1.29 is 19.4 Å². The van der Waals surface area contributed by atoms with Crippen LogP contribution in [0.3, 0.4) is 0 Å². The predicted molar refractivity (Wildman–Crippen MR) is 80.3 cm³/mol. The first kappa shape index (κ1) is 16.6. The van der Waals surface area contributed by atoms with Crippen LogP contribution in [-0.4, -0.2) is 51.7 Å². The van der Waals surface area contributed by atoms with Gasteiger partial charge >= 0.3 is 11.8 Å². The Balaban J connectivity index is 1.78. The standard InChI is InChI=1S/C12H18N4O5S/c13-8-2-4-16(11(18)15-8)9-7-22-10(21-9)6-20-12(19)14-3-1-5-17/h2,4,9-10,17H,1,3,5-7H2,(H,14,19)(H2,13,15,18)/t9-,10+/m0/s1. The second-order valence-electron chi connectivity index (χ2n) is 4.50. The second kappa shape index (κ2) is 8.01. The largest absolute Gasteiger partial charge is 0.446 e. The number of thioether (sulfide) groups is 1. The molecular weight excluding hydrogens is 312 g/mol. The summed E-state index contributed by atoms with van der Waals surface area (Å²) in [6.45, 7) is 0.431. The Morgan fingerprint density at radius 1 is 1.68 bits per heavy atom. The van der Waals surface area contributed by atoms with Crippen molar-refractivity contribution in [2.75, 3.05) is 31.2 Å². The number of nitrogens with zero attached hydrogens (tertiary/aromatic N) is 2.